The second-order valence-electron chi connectivity index (χ2n) is 7.82. The van der Waals surface area contributed by atoms with Gasteiger partial charge in [-0.25, -0.2) is 4.98 Å². The molecule has 0 unspecified atom stereocenters. The second-order valence-corrected chi connectivity index (χ2v) is 7.82. The molecule has 5 rings (SSSR count). The molecule has 0 atom stereocenters. The molecule has 3 aromatic rings. The van der Waals surface area contributed by atoms with Crippen LogP contribution in [0.3, 0.4) is 0 Å². The number of benzene rings is 2. The lowest BCUT2D eigenvalue weighted by Crippen LogP contribution is -2.39. The molecule has 2 aromatic carbocycles. The number of likely N-dealkylation sites (tertiary alicyclic amines) is 1. The lowest BCUT2D eigenvalue weighted by Gasteiger charge is -2.33. The van der Waals surface area contributed by atoms with Crippen molar-refractivity contribution in [1.29, 1.82) is 0 Å². The minimum atomic E-state index is -4.40. The Morgan fingerprint density at radius 3 is 2.55 bits per heavy atom. The zero-order chi connectivity index (χ0) is 21.8. The smallest absolute Gasteiger partial charge is 0.416 e. The highest BCUT2D eigenvalue weighted by molar-refractivity contribution is 5.95. The molecule has 0 spiro atoms. The van der Waals surface area contributed by atoms with Crippen LogP contribution in [0.5, 0.6) is 11.5 Å². The molecule has 1 saturated heterocycles. The second kappa shape index (κ2) is 7.18. The van der Waals surface area contributed by atoms with E-state index < -0.39 is 11.7 Å². The third-order valence-corrected chi connectivity index (χ3v) is 5.93. The van der Waals surface area contributed by atoms with Crippen LogP contribution in [0.2, 0.25) is 0 Å². The zero-order valence-electron chi connectivity index (χ0n) is 16.8. The van der Waals surface area contributed by atoms with Gasteiger partial charge in [-0.2, -0.15) is 13.2 Å². The molecule has 2 aliphatic rings. The molecule has 0 saturated carbocycles. The number of halogens is 3. The number of piperidine rings is 1. The first-order chi connectivity index (χ1) is 14.8. The highest BCUT2D eigenvalue weighted by Crippen LogP contribution is 2.35. The Labute approximate surface area is 176 Å². The van der Waals surface area contributed by atoms with Crippen LogP contribution in [0.15, 0.2) is 36.4 Å². The quantitative estimate of drug-likeness (QED) is 0.597. The average Bonchev–Trinajstić information content (AvgIpc) is 3.34. The Kier molecular flexibility index (Phi) is 4.56. The number of fused-ring (bicyclic) bond motifs is 2. The molecule has 0 aliphatic carbocycles. The van der Waals surface area contributed by atoms with E-state index in [4.69, 9.17) is 9.47 Å². The van der Waals surface area contributed by atoms with Crippen LogP contribution in [0.4, 0.5) is 13.2 Å². The van der Waals surface area contributed by atoms with E-state index >= 15 is 0 Å². The van der Waals surface area contributed by atoms with Crippen molar-refractivity contribution in [2.75, 3.05) is 19.9 Å². The zero-order valence-corrected chi connectivity index (χ0v) is 16.8. The van der Waals surface area contributed by atoms with Crippen molar-refractivity contribution in [1.82, 2.24) is 14.5 Å². The van der Waals surface area contributed by atoms with E-state index in [1.807, 2.05) is 4.57 Å². The maximum absolute atomic E-state index is 13.0. The number of amides is 1. The minimum Gasteiger partial charge on any atom is -0.454 e. The van der Waals surface area contributed by atoms with Crippen molar-refractivity contribution >= 4 is 16.9 Å². The summed E-state index contributed by atoms with van der Waals surface area (Å²) in [4.78, 5) is 19.1. The van der Waals surface area contributed by atoms with Crippen molar-refractivity contribution in [3.63, 3.8) is 0 Å². The fourth-order valence-electron chi connectivity index (χ4n) is 4.40. The molecule has 3 heterocycles. The summed E-state index contributed by atoms with van der Waals surface area (Å²) in [7, 11) is 0. The normalized spacial score (nSPS) is 16.8. The first-order valence-corrected chi connectivity index (χ1v) is 10.1. The lowest BCUT2D eigenvalue weighted by molar-refractivity contribution is -0.137. The Hall–Kier alpha value is -3.23. The number of imidazole rings is 1. The third-order valence-electron chi connectivity index (χ3n) is 5.93. The molecule has 0 radical (unpaired) electrons. The molecule has 31 heavy (non-hydrogen) atoms. The predicted molar refractivity (Wildman–Crippen MR) is 106 cm³/mol. The van der Waals surface area contributed by atoms with E-state index in [9.17, 15) is 18.0 Å². The Morgan fingerprint density at radius 2 is 1.81 bits per heavy atom. The number of hydrogen-bond donors (Lipinski definition) is 0. The third kappa shape index (κ3) is 3.47. The van der Waals surface area contributed by atoms with Gasteiger partial charge >= 0.3 is 6.18 Å². The first kappa shape index (κ1) is 19.7. The molecule has 6 nitrogen and oxygen atoms in total. The number of hydrogen-bond acceptors (Lipinski definition) is 4. The van der Waals surface area contributed by atoms with Gasteiger partial charge in [0, 0.05) is 24.7 Å². The summed E-state index contributed by atoms with van der Waals surface area (Å²) in [5, 5.41) is 0. The van der Waals surface area contributed by atoms with Crippen LogP contribution < -0.4 is 9.47 Å². The van der Waals surface area contributed by atoms with Crippen LogP contribution >= 0.6 is 0 Å². The number of carbonyl (C=O) groups excluding carboxylic acids is 1. The number of nitrogens with zero attached hydrogens (tertiary/aromatic N) is 3. The van der Waals surface area contributed by atoms with Gasteiger partial charge in [0.05, 0.1) is 16.6 Å². The average molecular weight is 431 g/mol. The van der Waals surface area contributed by atoms with Crippen molar-refractivity contribution in [3.05, 3.63) is 53.3 Å². The van der Waals surface area contributed by atoms with Crippen molar-refractivity contribution in [2.45, 2.75) is 32.0 Å². The molecule has 2 aliphatic heterocycles. The Balaban J connectivity index is 1.33. The van der Waals surface area contributed by atoms with E-state index in [2.05, 4.69) is 4.98 Å². The minimum absolute atomic E-state index is 0.0706. The first-order valence-electron chi connectivity index (χ1n) is 10.1. The van der Waals surface area contributed by atoms with Crippen molar-refractivity contribution in [2.24, 2.45) is 0 Å². The van der Waals surface area contributed by atoms with Crippen molar-refractivity contribution < 1.29 is 27.4 Å². The number of aryl methyl sites for hydroxylation is 1. The topological polar surface area (TPSA) is 56.6 Å². The summed E-state index contributed by atoms with van der Waals surface area (Å²) < 4.78 is 51.7. The molecular weight excluding hydrogens is 411 g/mol. The van der Waals surface area contributed by atoms with Crippen LogP contribution in [0.25, 0.3) is 11.0 Å². The summed E-state index contributed by atoms with van der Waals surface area (Å²) in [6.07, 6.45) is -3.00. The van der Waals surface area contributed by atoms with Crippen LogP contribution in [0, 0.1) is 6.92 Å². The van der Waals surface area contributed by atoms with Crippen LogP contribution in [-0.4, -0.2) is 40.2 Å². The summed E-state index contributed by atoms with van der Waals surface area (Å²) in [5.74, 6) is 1.81. The predicted octanol–water partition coefficient (Wildman–Crippen LogP) is 4.57. The van der Waals surface area contributed by atoms with Gasteiger partial charge < -0.3 is 18.9 Å². The number of carbonyl (C=O) groups is 1. The van der Waals surface area contributed by atoms with E-state index in [-0.39, 0.29) is 18.7 Å². The Bertz CT molecular complexity index is 1160. The number of aromatic nitrogens is 2. The van der Waals surface area contributed by atoms with Gasteiger partial charge in [0.2, 0.25) is 6.79 Å². The molecule has 0 bridgehead atoms. The Morgan fingerprint density at radius 1 is 1.06 bits per heavy atom. The van der Waals surface area contributed by atoms with E-state index in [0.717, 1.165) is 12.1 Å². The number of rotatable bonds is 2. The van der Waals surface area contributed by atoms with Crippen LogP contribution in [-0.2, 0) is 6.18 Å². The van der Waals surface area contributed by atoms with Crippen molar-refractivity contribution in [3.8, 4) is 11.5 Å². The highest BCUT2D eigenvalue weighted by Gasteiger charge is 2.32. The molecule has 1 fully saturated rings. The highest BCUT2D eigenvalue weighted by atomic mass is 19.4. The molecule has 1 amide bonds. The van der Waals surface area contributed by atoms with Gasteiger partial charge in [0.1, 0.15) is 5.82 Å². The maximum Gasteiger partial charge on any atom is 0.416 e. The summed E-state index contributed by atoms with van der Waals surface area (Å²) in [5.41, 5.74) is 0.873. The fourth-order valence-corrected chi connectivity index (χ4v) is 4.40. The number of ether oxygens (including phenoxy) is 2. The summed E-state index contributed by atoms with van der Waals surface area (Å²) in [6.45, 7) is 3.06. The van der Waals surface area contributed by atoms with Gasteiger partial charge in [-0.15, -0.1) is 0 Å². The SMILES string of the molecule is Cc1nc2cc(C(F)(F)F)ccc2n1C1CCN(C(=O)c2ccc3c(c2)OCO3)CC1. The largest absolute Gasteiger partial charge is 0.454 e. The molecule has 9 heteroatoms. The van der Waals surface area contributed by atoms with Gasteiger partial charge in [0.15, 0.2) is 11.5 Å². The van der Waals surface area contributed by atoms with Crippen LogP contribution in [0.1, 0.15) is 40.6 Å². The number of alkyl halides is 3. The standard InChI is InChI=1S/C22H20F3N3O3/c1-13-26-17-11-15(22(23,24)25)3-4-18(17)28(13)16-6-8-27(9-7-16)21(29)14-2-5-19-20(10-14)31-12-30-19/h2-5,10-11,16H,6-9,12H2,1H3. The van der Waals surface area contributed by atoms with E-state index in [1.54, 1.807) is 30.0 Å². The summed E-state index contributed by atoms with van der Waals surface area (Å²) >= 11 is 0. The molecule has 162 valence electrons. The fraction of sp³-hybridized carbons (Fsp3) is 0.364. The monoisotopic (exact) mass is 431 g/mol. The van der Waals surface area contributed by atoms with Gasteiger partial charge in [-0.3, -0.25) is 4.79 Å². The van der Waals surface area contributed by atoms with Gasteiger partial charge in [0.25, 0.3) is 5.91 Å². The van der Waals surface area contributed by atoms with Gasteiger partial charge in [-0.1, -0.05) is 0 Å². The maximum atomic E-state index is 13.0. The van der Waals surface area contributed by atoms with E-state index in [1.165, 1.54) is 6.07 Å². The molecule has 1 aromatic heterocycles. The lowest BCUT2D eigenvalue weighted by atomic mass is 10.0. The molecule has 0 N–H and O–H groups in total. The summed E-state index contributed by atoms with van der Waals surface area (Å²) in [6, 6.07) is 8.91. The van der Waals surface area contributed by atoms with Gasteiger partial charge in [-0.05, 0) is 56.2 Å². The van der Waals surface area contributed by atoms with E-state index in [0.29, 0.717) is 59.9 Å². The molecular formula is C22H20F3N3O3.